The molecule has 0 bridgehead atoms. The maximum atomic E-state index is 5.61. The third-order valence-corrected chi connectivity index (χ3v) is 2.33. The van der Waals surface area contributed by atoms with E-state index in [0.29, 0.717) is 59.5 Å². The van der Waals surface area contributed by atoms with Gasteiger partial charge >= 0.3 is 0 Å². The van der Waals surface area contributed by atoms with E-state index in [9.17, 15) is 0 Å². The minimum atomic E-state index is -0.357. The van der Waals surface area contributed by atoms with Crippen LogP contribution in [-0.2, 0) is 28.4 Å². The topological polar surface area (TPSA) is 55.4 Å². The quantitative estimate of drug-likeness (QED) is 0.746. The first-order valence-electron chi connectivity index (χ1n) is 6.87. The molecule has 114 valence electrons. The van der Waals surface area contributed by atoms with Crippen LogP contribution in [0.4, 0.5) is 0 Å². The normalized spacial score (nSPS) is 25.7. The van der Waals surface area contributed by atoms with Gasteiger partial charge in [0.15, 0.2) is 6.29 Å². The predicted octanol–water partition coefficient (Wildman–Crippen LogP) is 0.834. The minimum absolute atomic E-state index is 0.0984. The summed E-state index contributed by atoms with van der Waals surface area (Å²) in [5.74, 6) is 0. The molecule has 1 heterocycles. The monoisotopic (exact) mass is 278 g/mol. The highest BCUT2D eigenvalue weighted by atomic mass is 16.7. The lowest BCUT2D eigenvalue weighted by atomic mass is 10.5. The zero-order valence-corrected chi connectivity index (χ0v) is 12.0. The fourth-order valence-corrected chi connectivity index (χ4v) is 1.51. The van der Waals surface area contributed by atoms with Crippen molar-refractivity contribution in [1.29, 1.82) is 0 Å². The summed E-state index contributed by atoms with van der Waals surface area (Å²) in [6, 6.07) is 0. The molecule has 6 heteroatoms. The second-order valence-electron chi connectivity index (χ2n) is 4.40. The Morgan fingerprint density at radius 2 is 1.21 bits per heavy atom. The second kappa shape index (κ2) is 11.6. The van der Waals surface area contributed by atoms with E-state index in [1.165, 1.54) is 0 Å². The highest BCUT2D eigenvalue weighted by Crippen LogP contribution is 2.01. The van der Waals surface area contributed by atoms with Crippen LogP contribution in [0.15, 0.2) is 0 Å². The molecule has 0 radical (unpaired) electrons. The molecule has 1 unspecified atom stereocenters. The Morgan fingerprint density at radius 3 is 1.74 bits per heavy atom. The molecular weight excluding hydrogens is 252 g/mol. The Kier molecular flexibility index (Phi) is 10.2. The molecule has 0 amide bonds. The molecule has 0 aromatic heterocycles. The Bertz CT molecular complexity index is 184. The number of hydrogen-bond acceptors (Lipinski definition) is 6. The van der Waals surface area contributed by atoms with Crippen LogP contribution in [-0.4, -0.2) is 71.9 Å². The van der Waals surface area contributed by atoms with Gasteiger partial charge in [0.25, 0.3) is 0 Å². The van der Waals surface area contributed by atoms with Crippen molar-refractivity contribution in [2.75, 3.05) is 59.5 Å². The summed E-state index contributed by atoms with van der Waals surface area (Å²) >= 11 is 0. The molecular formula is C13H26O6. The first-order chi connectivity index (χ1) is 9.29. The van der Waals surface area contributed by atoms with Gasteiger partial charge in [-0.3, -0.25) is 0 Å². The van der Waals surface area contributed by atoms with Crippen molar-refractivity contribution in [3.63, 3.8) is 0 Å². The summed E-state index contributed by atoms with van der Waals surface area (Å²) in [5.41, 5.74) is 0. The van der Waals surface area contributed by atoms with Crippen molar-refractivity contribution in [3.8, 4) is 0 Å². The van der Waals surface area contributed by atoms with E-state index in [-0.39, 0.29) is 12.4 Å². The predicted molar refractivity (Wildman–Crippen MR) is 69.2 cm³/mol. The molecule has 0 aromatic rings. The molecule has 0 spiro atoms. The Morgan fingerprint density at radius 1 is 0.737 bits per heavy atom. The summed E-state index contributed by atoms with van der Waals surface area (Å²) < 4.78 is 32.7. The average Bonchev–Trinajstić information content (AvgIpc) is 2.38. The van der Waals surface area contributed by atoms with E-state index in [1.807, 2.05) is 13.8 Å². The number of rotatable bonds is 2. The molecule has 1 aliphatic rings. The molecule has 1 atom stereocenters. The van der Waals surface area contributed by atoms with Gasteiger partial charge in [-0.2, -0.15) is 0 Å². The fourth-order valence-electron chi connectivity index (χ4n) is 1.51. The largest absolute Gasteiger partial charge is 0.377 e. The van der Waals surface area contributed by atoms with E-state index >= 15 is 0 Å². The van der Waals surface area contributed by atoms with Crippen molar-refractivity contribution in [2.45, 2.75) is 26.2 Å². The summed E-state index contributed by atoms with van der Waals surface area (Å²) in [5, 5.41) is 0. The van der Waals surface area contributed by atoms with Gasteiger partial charge in [0.05, 0.1) is 65.6 Å². The van der Waals surface area contributed by atoms with Crippen LogP contribution in [0, 0.1) is 0 Å². The van der Waals surface area contributed by atoms with Crippen LogP contribution in [0.3, 0.4) is 0 Å². The number of hydrogen-bond donors (Lipinski definition) is 0. The van der Waals surface area contributed by atoms with Crippen molar-refractivity contribution in [1.82, 2.24) is 0 Å². The lowest BCUT2D eigenvalue weighted by molar-refractivity contribution is -0.195. The van der Waals surface area contributed by atoms with Gasteiger partial charge in [0.2, 0.25) is 0 Å². The molecule has 1 fully saturated rings. The van der Waals surface area contributed by atoms with Crippen LogP contribution in [0.25, 0.3) is 0 Å². The van der Waals surface area contributed by atoms with Gasteiger partial charge in [-0.25, -0.2) is 0 Å². The van der Waals surface area contributed by atoms with Crippen molar-refractivity contribution in [2.24, 2.45) is 0 Å². The molecule has 0 aliphatic carbocycles. The highest BCUT2D eigenvalue weighted by Gasteiger charge is 2.12. The molecule has 1 aliphatic heterocycles. The zero-order chi connectivity index (χ0) is 13.8. The summed E-state index contributed by atoms with van der Waals surface area (Å²) in [6.07, 6.45) is -0.258. The first-order valence-corrected chi connectivity index (χ1v) is 6.87. The Labute approximate surface area is 115 Å². The molecule has 1 saturated heterocycles. The lowest BCUT2D eigenvalue weighted by Crippen LogP contribution is -2.28. The van der Waals surface area contributed by atoms with E-state index in [1.54, 1.807) is 0 Å². The third-order valence-electron chi connectivity index (χ3n) is 2.33. The van der Waals surface area contributed by atoms with Crippen molar-refractivity contribution >= 4 is 0 Å². The standard InChI is InChI=1S/C13H26O6/c1-12(2)19-13-11-17-8-7-15-4-3-14-5-6-16-9-10-18-13/h12-13H,3-11H2,1-2H3. The van der Waals surface area contributed by atoms with Gasteiger partial charge in [-0.15, -0.1) is 0 Å². The van der Waals surface area contributed by atoms with Crippen LogP contribution in [0.5, 0.6) is 0 Å². The second-order valence-corrected chi connectivity index (χ2v) is 4.40. The maximum Gasteiger partial charge on any atom is 0.181 e. The zero-order valence-electron chi connectivity index (χ0n) is 12.0. The van der Waals surface area contributed by atoms with E-state index in [4.69, 9.17) is 28.4 Å². The summed E-state index contributed by atoms with van der Waals surface area (Å²) in [6.45, 7) is 8.72. The SMILES string of the molecule is CC(C)OC1COCCOCCOCCOCCO1. The molecule has 6 nitrogen and oxygen atoms in total. The highest BCUT2D eigenvalue weighted by molar-refractivity contribution is 4.47. The van der Waals surface area contributed by atoms with Crippen molar-refractivity contribution < 1.29 is 28.4 Å². The molecule has 0 aromatic carbocycles. The van der Waals surface area contributed by atoms with E-state index in [0.717, 1.165) is 0 Å². The van der Waals surface area contributed by atoms with Crippen molar-refractivity contribution in [3.05, 3.63) is 0 Å². The molecule has 0 saturated carbocycles. The minimum Gasteiger partial charge on any atom is -0.377 e. The van der Waals surface area contributed by atoms with Crippen LogP contribution in [0.1, 0.15) is 13.8 Å². The van der Waals surface area contributed by atoms with Crippen LogP contribution >= 0.6 is 0 Å². The van der Waals surface area contributed by atoms with Gasteiger partial charge in [-0.05, 0) is 13.8 Å². The summed E-state index contributed by atoms with van der Waals surface area (Å²) in [4.78, 5) is 0. The summed E-state index contributed by atoms with van der Waals surface area (Å²) in [7, 11) is 0. The molecule has 19 heavy (non-hydrogen) atoms. The first kappa shape index (κ1) is 16.8. The maximum absolute atomic E-state index is 5.61. The number of ether oxygens (including phenoxy) is 6. The smallest absolute Gasteiger partial charge is 0.181 e. The molecule has 0 N–H and O–H groups in total. The van der Waals surface area contributed by atoms with Crippen LogP contribution < -0.4 is 0 Å². The average molecular weight is 278 g/mol. The van der Waals surface area contributed by atoms with E-state index in [2.05, 4.69) is 0 Å². The fraction of sp³-hybridized carbons (Fsp3) is 1.00. The van der Waals surface area contributed by atoms with Gasteiger partial charge < -0.3 is 28.4 Å². The third kappa shape index (κ3) is 10.2. The van der Waals surface area contributed by atoms with Crippen LogP contribution in [0.2, 0.25) is 0 Å². The Balaban J connectivity index is 2.25. The van der Waals surface area contributed by atoms with Gasteiger partial charge in [0.1, 0.15) is 0 Å². The lowest BCUT2D eigenvalue weighted by Gasteiger charge is -2.20. The van der Waals surface area contributed by atoms with Gasteiger partial charge in [0, 0.05) is 0 Å². The Hall–Kier alpha value is -0.240. The van der Waals surface area contributed by atoms with E-state index < -0.39 is 0 Å². The molecule has 1 rings (SSSR count). The van der Waals surface area contributed by atoms with Gasteiger partial charge in [-0.1, -0.05) is 0 Å².